The van der Waals surface area contributed by atoms with Crippen LogP contribution in [0.15, 0.2) is 48.9 Å². The molecular weight excluding hydrogens is 369 g/mol. The number of rotatable bonds is 3. The molecule has 26 heavy (non-hydrogen) atoms. The number of anilines is 2. The summed E-state index contributed by atoms with van der Waals surface area (Å²) in [6.45, 7) is 0. The first-order valence-corrected chi connectivity index (χ1v) is 9.63. The Kier molecular flexibility index (Phi) is 4.96. The Hall–Kier alpha value is -1.91. The normalized spacial score (nSPS) is 22.3. The Bertz CT molecular complexity index is 818. The second-order valence-electron chi connectivity index (χ2n) is 6.82. The first kappa shape index (κ1) is 17.5. The van der Waals surface area contributed by atoms with Crippen LogP contribution in [0.4, 0.5) is 11.5 Å². The van der Waals surface area contributed by atoms with Crippen LogP contribution in [0.5, 0.6) is 5.75 Å². The molecule has 2 aromatic rings. The number of pyridine rings is 1. The maximum absolute atomic E-state index is 6.12. The predicted molar refractivity (Wildman–Crippen MR) is 107 cm³/mol. The van der Waals surface area contributed by atoms with Crippen LogP contribution in [0.25, 0.3) is 0 Å². The molecule has 0 bridgehead atoms. The second kappa shape index (κ2) is 7.37. The summed E-state index contributed by atoms with van der Waals surface area (Å²) in [5, 5.41) is 1.37. The molecule has 0 unspecified atom stereocenters. The minimum Gasteiger partial charge on any atom is -0.490 e. The molecule has 1 aliphatic heterocycles. The van der Waals surface area contributed by atoms with Gasteiger partial charge in [0.1, 0.15) is 5.75 Å². The lowest BCUT2D eigenvalue weighted by molar-refractivity contribution is 0.146. The highest BCUT2D eigenvalue weighted by molar-refractivity contribution is 6.31. The summed E-state index contributed by atoms with van der Waals surface area (Å²) in [7, 11) is 2.01. The van der Waals surface area contributed by atoms with Crippen molar-refractivity contribution in [3.8, 4) is 5.75 Å². The zero-order valence-corrected chi connectivity index (χ0v) is 16.1. The highest BCUT2D eigenvalue weighted by atomic mass is 35.5. The van der Waals surface area contributed by atoms with Gasteiger partial charge in [0.2, 0.25) is 0 Å². The number of hydrogen-bond acceptors (Lipinski definition) is 4. The SMILES string of the molecule is CN1C=CN(C2CCC(Oc3cccc(Cl)c3)CC2)c2ncc(Cl)cc21. The summed E-state index contributed by atoms with van der Waals surface area (Å²) in [5.41, 5.74) is 1.04. The van der Waals surface area contributed by atoms with Crippen LogP contribution in [0.3, 0.4) is 0 Å². The van der Waals surface area contributed by atoms with Crippen molar-refractivity contribution in [3.05, 3.63) is 59.0 Å². The molecule has 6 heteroatoms. The van der Waals surface area contributed by atoms with Gasteiger partial charge in [-0.15, -0.1) is 0 Å². The van der Waals surface area contributed by atoms with Crippen molar-refractivity contribution in [3.63, 3.8) is 0 Å². The van der Waals surface area contributed by atoms with Crippen molar-refractivity contribution in [2.24, 2.45) is 0 Å². The molecule has 1 saturated carbocycles. The molecule has 2 heterocycles. The van der Waals surface area contributed by atoms with Crippen LogP contribution >= 0.6 is 23.2 Å². The third-order valence-corrected chi connectivity index (χ3v) is 5.47. The third-order valence-electron chi connectivity index (χ3n) is 5.03. The summed E-state index contributed by atoms with van der Waals surface area (Å²) in [4.78, 5) is 8.91. The van der Waals surface area contributed by atoms with Gasteiger partial charge in [-0.05, 0) is 49.9 Å². The molecule has 0 atom stereocenters. The van der Waals surface area contributed by atoms with Gasteiger partial charge in [-0.2, -0.15) is 0 Å². The molecule has 136 valence electrons. The zero-order valence-electron chi connectivity index (χ0n) is 14.6. The van der Waals surface area contributed by atoms with Gasteiger partial charge in [0.15, 0.2) is 5.82 Å². The number of benzene rings is 1. The largest absolute Gasteiger partial charge is 0.490 e. The van der Waals surface area contributed by atoms with E-state index in [4.69, 9.17) is 27.9 Å². The summed E-state index contributed by atoms with van der Waals surface area (Å²) >= 11 is 12.2. The van der Waals surface area contributed by atoms with Gasteiger partial charge in [0, 0.05) is 36.7 Å². The van der Waals surface area contributed by atoms with E-state index in [1.165, 1.54) is 0 Å². The van der Waals surface area contributed by atoms with Crippen molar-refractivity contribution >= 4 is 34.7 Å². The van der Waals surface area contributed by atoms with Crippen molar-refractivity contribution in [1.82, 2.24) is 4.98 Å². The van der Waals surface area contributed by atoms with Gasteiger partial charge >= 0.3 is 0 Å². The molecule has 1 aromatic heterocycles. The van der Waals surface area contributed by atoms with Crippen molar-refractivity contribution in [1.29, 1.82) is 0 Å². The van der Waals surface area contributed by atoms with Crippen molar-refractivity contribution < 1.29 is 4.74 Å². The number of ether oxygens (including phenoxy) is 1. The topological polar surface area (TPSA) is 28.6 Å². The Balaban J connectivity index is 1.43. The lowest BCUT2D eigenvalue weighted by Gasteiger charge is -2.39. The lowest BCUT2D eigenvalue weighted by atomic mass is 9.91. The van der Waals surface area contributed by atoms with Crippen LogP contribution in [0.1, 0.15) is 25.7 Å². The smallest absolute Gasteiger partial charge is 0.156 e. The quantitative estimate of drug-likeness (QED) is 0.691. The molecule has 2 aliphatic rings. The predicted octanol–water partition coefficient (Wildman–Crippen LogP) is 5.51. The Morgan fingerprint density at radius 1 is 1.04 bits per heavy atom. The van der Waals surface area contributed by atoms with E-state index >= 15 is 0 Å². The van der Waals surface area contributed by atoms with E-state index in [1.807, 2.05) is 37.4 Å². The standard InChI is InChI=1S/C20H21Cl2N3O/c1-24-9-10-25(20-19(24)12-15(22)13-23-20)16-5-7-17(8-6-16)26-18-4-2-3-14(21)11-18/h2-4,9-13,16-17H,5-8H2,1H3. The lowest BCUT2D eigenvalue weighted by Crippen LogP contribution is -2.39. The van der Waals surface area contributed by atoms with Gasteiger partial charge in [0.05, 0.1) is 16.8 Å². The molecule has 0 saturated heterocycles. The number of hydrogen-bond donors (Lipinski definition) is 0. The molecule has 1 fully saturated rings. The number of nitrogens with zero attached hydrogens (tertiary/aromatic N) is 3. The van der Waals surface area contributed by atoms with Gasteiger partial charge < -0.3 is 14.5 Å². The minimum atomic E-state index is 0.235. The van der Waals surface area contributed by atoms with E-state index in [9.17, 15) is 0 Å². The van der Waals surface area contributed by atoms with Crippen LogP contribution in [-0.2, 0) is 0 Å². The van der Waals surface area contributed by atoms with Gasteiger partial charge in [0.25, 0.3) is 0 Å². The maximum atomic E-state index is 6.12. The average molecular weight is 390 g/mol. The average Bonchev–Trinajstić information content (AvgIpc) is 2.63. The molecule has 1 aromatic carbocycles. The Morgan fingerprint density at radius 3 is 2.62 bits per heavy atom. The number of halogens is 2. The monoisotopic (exact) mass is 389 g/mol. The molecule has 1 aliphatic carbocycles. The van der Waals surface area contributed by atoms with E-state index in [-0.39, 0.29) is 6.10 Å². The third kappa shape index (κ3) is 3.62. The van der Waals surface area contributed by atoms with Crippen LogP contribution in [0, 0.1) is 0 Å². The van der Waals surface area contributed by atoms with Crippen molar-refractivity contribution in [2.75, 3.05) is 16.8 Å². The molecule has 0 spiro atoms. The fourth-order valence-corrected chi connectivity index (χ4v) is 4.00. The highest BCUT2D eigenvalue weighted by Crippen LogP contribution is 2.37. The zero-order chi connectivity index (χ0) is 18.1. The fourth-order valence-electron chi connectivity index (χ4n) is 3.67. The molecule has 4 nitrogen and oxygen atoms in total. The summed E-state index contributed by atoms with van der Waals surface area (Å²) in [6.07, 6.45) is 10.3. The highest BCUT2D eigenvalue weighted by Gasteiger charge is 2.30. The van der Waals surface area contributed by atoms with Gasteiger partial charge in [-0.25, -0.2) is 4.98 Å². The van der Waals surface area contributed by atoms with Crippen LogP contribution < -0.4 is 14.5 Å². The van der Waals surface area contributed by atoms with Crippen LogP contribution in [-0.4, -0.2) is 24.2 Å². The number of aromatic nitrogens is 1. The van der Waals surface area contributed by atoms with Gasteiger partial charge in [-0.1, -0.05) is 29.3 Å². The van der Waals surface area contributed by atoms with Gasteiger partial charge in [-0.3, -0.25) is 0 Å². The summed E-state index contributed by atoms with van der Waals surface area (Å²) in [6, 6.07) is 10.0. The van der Waals surface area contributed by atoms with E-state index in [2.05, 4.69) is 27.2 Å². The number of fused-ring (bicyclic) bond motifs is 1. The summed E-state index contributed by atoms with van der Waals surface area (Å²) < 4.78 is 6.11. The van der Waals surface area contributed by atoms with Crippen molar-refractivity contribution in [2.45, 2.75) is 37.8 Å². The Labute approximate surface area is 164 Å². The first-order valence-electron chi connectivity index (χ1n) is 8.87. The minimum absolute atomic E-state index is 0.235. The van der Waals surface area contributed by atoms with Crippen LogP contribution in [0.2, 0.25) is 10.0 Å². The molecule has 4 rings (SSSR count). The molecular formula is C20H21Cl2N3O. The van der Waals surface area contributed by atoms with E-state index in [0.717, 1.165) is 42.9 Å². The van der Waals surface area contributed by atoms with E-state index < -0.39 is 0 Å². The van der Waals surface area contributed by atoms with E-state index in [0.29, 0.717) is 16.1 Å². The molecule has 0 amide bonds. The fraction of sp³-hybridized carbons (Fsp3) is 0.350. The summed E-state index contributed by atoms with van der Waals surface area (Å²) in [5.74, 6) is 1.82. The first-order chi connectivity index (χ1) is 12.6. The molecule has 0 N–H and O–H groups in total. The Morgan fingerprint density at radius 2 is 1.85 bits per heavy atom. The van der Waals surface area contributed by atoms with E-state index in [1.54, 1.807) is 6.20 Å². The second-order valence-corrected chi connectivity index (χ2v) is 7.69. The maximum Gasteiger partial charge on any atom is 0.156 e. The molecule has 0 radical (unpaired) electrons.